The van der Waals surface area contributed by atoms with E-state index in [4.69, 9.17) is 21.7 Å². The molecule has 2 N–H and O–H groups in total. The molecule has 166 valence electrons. The van der Waals surface area contributed by atoms with E-state index >= 15 is 0 Å². The first kappa shape index (κ1) is 22.0. The maximum atomic E-state index is 13.2. The van der Waals surface area contributed by atoms with Crippen LogP contribution in [0, 0.1) is 5.82 Å². The Morgan fingerprint density at radius 3 is 2.47 bits per heavy atom. The molecule has 4 rings (SSSR count). The van der Waals surface area contributed by atoms with E-state index in [9.17, 15) is 14.6 Å². The summed E-state index contributed by atoms with van der Waals surface area (Å²) in [5.74, 6) is 0.272. The highest BCUT2D eigenvalue weighted by molar-refractivity contribution is 7.80. The maximum absolute atomic E-state index is 13.2. The van der Waals surface area contributed by atoms with Gasteiger partial charge in [0.1, 0.15) is 29.5 Å². The normalized spacial score (nSPS) is 19.0. The average molecular weight is 454 g/mol. The van der Waals surface area contributed by atoms with Gasteiger partial charge < -0.3 is 19.7 Å². The molecular formula is C25H24FNO4S. The van der Waals surface area contributed by atoms with Crippen LogP contribution < -0.4 is 9.64 Å². The molecule has 3 aromatic rings. The molecule has 32 heavy (non-hydrogen) atoms. The zero-order valence-electron chi connectivity index (χ0n) is 17.5. The van der Waals surface area contributed by atoms with Gasteiger partial charge in [-0.3, -0.25) is 4.90 Å². The van der Waals surface area contributed by atoms with Crippen LogP contribution in [0.2, 0.25) is 0 Å². The van der Waals surface area contributed by atoms with Crippen LogP contribution in [-0.4, -0.2) is 28.6 Å². The molecule has 1 aliphatic heterocycles. The minimum Gasteiger partial charge on any atom is -0.507 e. The molecule has 0 saturated carbocycles. The van der Waals surface area contributed by atoms with Crippen LogP contribution in [0.4, 0.5) is 10.1 Å². The lowest BCUT2D eigenvalue weighted by atomic mass is 9.94. The van der Waals surface area contributed by atoms with Crippen LogP contribution in [0.15, 0.2) is 72.8 Å². The molecule has 0 spiro atoms. The van der Waals surface area contributed by atoms with Crippen LogP contribution in [0.25, 0.3) is 0 Å². The number of rotatable bonds is 7. The smallest absolute Gasteiger partial charge is 0.264 e. The second-order valence-corrected chi connectivity index (χ2v) is 7.99. The number of anilines is 1. The summed E-state index contributed by atoms with van der Waals surface area (Å²) in [6.07, 6.45) is -0.326. The number of hydrogen-bond acceptors (Lipinski definition) is 5. The van der Waals surface area contributed by atoms with Gasteiger partial charge in [-0.2, -0.15) is 0 Å². The quantitative estimate of drug-likeness (QED) is 0.475. The summed E-state index contributed by atoms with van der Waals surface area (Å²) >= 11 is 5.55. The van der Waals surface area contributed by atoms with Gasteiger partial charge in [-0.1, -0.05) is 30.3 Å². The van der Waals surface area contributed by atoms with Gasteiger partial charge >= 0.3 is 0 Å². The third-order valence-corrected chi connectivity index (χ3v) is 5.94. The number of aliphatic hydroxyl groups is 1. The molecule has 0 radical (unpaired) electrons. The van der Waals surface area contributed by atoms with Gasteiger partial charge in [-0.15, -0.1) is 0 Å². The summed E-state index contributed by atoms with van der Waals surface area (Å²) in [6, 6.07) is 20.2. The number of thiocarbonyl (C=S) groups is 1. The highest BCUT2D eigenvalue weighted by Crippen LogP contribution is 2.43. The van der Waals surface area contributed by atoms with E-state index < -0.39 is 18.2 Å². The first-order chi connectivity index (χ1) is 15.5. The number of phenols is 1. The van der Waals surface area contributed by atoms with Crippen LogP contribution in [0.3, 0.4) is 0 Å². The number of aliphatic hydroxyl groups excluding tert-OH is 1. The highest BCUT2D eigenvalue weighted by atomic mass is 32.1. The number of nitrogens with zero attached hydrogens (tertiary/aromatic N) is 1. The van der Waals surface area contributed by atoms with Crippen LogP contribution in [-0.2, 0) is 4.74 Å². The fraction of sp³-hybridized carbons (Fsp3) is 0.240. The number of phenolic OH excluding ortho intramolecular Hbond substituents is 1. The van der Waals surface area contributed by atoms with E-state index in [0.717, 1.165) is 5.69 Å². The minimum absolute atomic E-state index is 0.0765. The SMILES string of the molecule is COc1ccc(C2C(CCC(O)c3ccc(F)cc3)OC(=S)N2c2ccccc2)c(O)c1. The van der Waals surface area contributed by atoms with Crippen molar-refractivity contribution in [1.82, 2.24) is 0 Å². The summed E-state index contributed by atoms with van der Waals surface area (Å²) in [6.45, 7) is 0. The second kappa shape index (κ2) is 9.54. The zero-order chi connectivity index (χ0) is 22.7. The Morgan fingerprint density at radius 1 is 1.09 bits per heavy atom. The van der Waals surface area contributed by atoms with Gasteiger partial charge in [0, 0.05) is 17.3 Å². The van der Waals surface area contributed by atoms with E-state index in [2.05, 4.69) is 0 Å². The molecule has 0 aromatic heterocycles. The van der Waals surface area contributed by atoms with Crippen LogP contribution in [0.5, 0.6) is 11.5 Å². The number of para-hydroxylation sites is 1. The van der Waals surface area contributed by atoms with E-state index in [1.54, 1.807) is 30.3 Å². The fourth-order valence-corrected chi connectivity index (χ4v) is 4.36. The molecule has 3 aromatic carbocycles. The van der Waals surface area contributed by atoms with Gasteiger partial charge in [-0.25, -0.2) is 4.39 Å². The molecule has 0 aliphatic carbocycles. The molecule has 1 fully saturated rings. The molecule has 3 unspecified atom stereocenters. The molecule has 5 nitrogen and oxygen atoms in total. The monoisotopic (exact) mass is 453 g/mol. The molecule has 0 bridgehead atoms. The van der Waals surface area contributed by atoms with Crippen molar-refractivity contribution >= 4 is 23.1 Å². The summed E-state index contributed by atoms with van der Waals surface area (Å²) in [4.78, 5) is 1.88. The van der Waals surface area contributed by atoms with Gasteiger partial charge in [0.2, 0.25) is 0 Å². The first-order valence-corrected chi connectivity index (χ1v) is 10.7. The van der Waals surface area contributed by atoms with Crippen molar-refractivity contribution in [1.29, 1.82) is 0 Å². The Hall–Kier alpha value is -3.16. The number of aromatic hydroxyl groups is 1. The Kier molecular flexibility index (Phi) is 6.58. The summed E-state index contributed by atoms with van der Waals surface area (Å²) in [5, 5.41) is 21.7. The predicted octanol–water partition coefficient (Wildman–Crippen LogP) is 5.29. The zero-order valence-corrected chi connectivity index (χ0v) is 18.3. The minimum atomic E-state index is -0.774. The van der Waals surface area contributed by atoms with Gasteiger partial charge in [0.15, 0.2) is 0 Å². The topological polar surface area (TPSA) is 62.2 Å². The number of benzene rings is 3. The summed E-state index contributed by atoms with van der Waals surface area (Å²) in [5.41, 5.74) is 2.13. The maximum Gasteiger partial charge on any atom is 0.264 e. The number of methoxy groups -OCH3 is 1. The number of halogens is 1. The first-order valence-electron chi connectivity index (χ1n) is 10.3. The van der Waals surface area contributed by atoms with Crippen LogP contribution in [0.1, 0.15) is 36.1 Å². The van der Waals surface area contributed by atoms with Crippen LogP contribution >= 0.6 is 12.2 Å². The molecule has 3 atom stereocenters. The predicted molar refractivity (Wildman–Crippen MR) is 124 cm³/mol. The van der Waals surface area contributed by atoms with E-state index in [0.29, 0.717) is 34.9 Å². The van der Waals surface area contributed by atoms with Gasteiger partial charge in [-0.05, 0) is 67.0 Å². The fourth-order valence-electron chi connectivity index (χ4n) is 4.02. The molecule has 0 amide bonds. The summed E-state index contributed by atoms with van der Waals surface area (Å²) < 4.78 is 24.5. The van der Waals surface area contributed by atoms with Crippen molar-refractivity contribution in [2.24, 2.45) is 0 Å². The Morgan fingerprint density at radius 2 is 1.81 bits per heavy atom. The third-order valence-electron chi connectivity index (χ3n) is 5.65. The largest absolute Gasteiger partial charge is 0.507 e. The molecule has 1 saturated heterocycles. The van der Waals surface area contributed by atoms with Crippen molar-refractivity contribution in [3.63, 3.8) is 0 Å². The number of hydrogen-bond donors (Lipinski definition) is 2. The lowest BCUT2D eigenvalue weighted by molar-refractivity contribution is 0.126. The Balaban J connectivity index is 1.63. The second-order valence-electron chi connectivity index (χ2n) is 7.64. The Labute approximate surface area is 191 Å². The molecule has 1 heterocycles. The van der Waals surface area contributed by atoms with Crippen molar-refractivity contribution in [3.05, 3.63) is 89.7 Å². The van der Waals surface area contributed by atoms with Gasteiger partial charge in [0.05, 0.1) is 13.2 Å². The highest BCUT2D eigenvalue weighted by Gasteiger charge is 2.42. The lowest BCUT2D eigenvalue weighted by Gasteiger charge is -2.27. The van der Waals surface area contributed by atoms with Crippen molar-refractivity contribution in [3.8, 4) is 11.5 Å². The molecular weight excluding hydrogens is 429 g/mol. The van der Waals surface area contributed by atoms with Gasteiger partial charge in [0.25, 0.3) is 5.17 Å². The third kappa shape index (κ3) is 4.54. The standard InChI is InChI=1S/C25H24FNO4S/c1-30-19-11-12-20(22(29)15-19)24-23(14-13-21(28)16-7-9-17(26)10-8-16)31-25(32)27(24)18-5-3-2-4-6-18/h2-12,15,21,23-24,28-29H,13-14H2,1H3. The van der Waals surface area contributed by atoms with Crippen molar-refractivity contribution in [2.75, 3.05) is 12.0 Å². The van der Waals surface area contributed by atoms with E-state index in [1.165, 1.54) is 19.2 Å². The van der Waals surface area contributed by atoms with Crippen molar-refractivity contribution < 1.29 is 24.1 Å². The molecule has 7 heteroatoms. The summed E-state index contributed by atoms with van der Waals surface area (Å²) in [7, 11) is 1.54. The lowest BCUT2D eigenvalue weighted by Crippen LogP contribution is -2.29. The average Bonchev–Trinajstić information content (AvgIpc) is 3.14. The number of ether oxygens (including phenoxy) is 2. The Bertz CT molecular complexity index is 1080. The van der Waals surface area contributed by atoms with Crippen molar-refractivity contribution in [2.45, 2.75) is 31.1 Å². The van der Waals surface area contributed by atoms with E-state index in [1.807, 2.05) is 35.2 Å². The molecule has 1 aliphatic rings. The van der Waals surface area contributed by atoms with E-state index in [-0.39, 0.29) is 11.6 Å².